The fourth-order valence-electron chi connectivity index (χ4n) is 5.52. The van der Waals surface area contributed by atoms with Crippen molar-refractivity contribution in [1.29, 1.82) is 0 Å². The van der Waals surface area contributed by atoms with Gasteiger partial charge in [-0.25, -0.2) is 0 Å². The first kappa shape index (κ1) is 21.4. The molecule has 33 heavy (non-hydrogen) atoms. The first-order valence-electron chi connectivity index (χ1n) is 11.4. The van der Waals surface area contributed by atoms with Crippen molar-refractivity contribution in [2.24, 2.45) is 5.92 Å². The molecule has 0 saturated heterocycles. The van der Waals surface area contributed by atoms with E-state index in [0.717, 1.165) is 33.9 Å². The lowest BCUT2D eigenvalue weighted by Crippen LogP contribution is -2.58. The summed E-state index contributed by atoms with van der Waals surface area (Å²) >= 11 is 0. The SMILES string of the molecule is CCOc1ccc2c(c1)OC(C)(C)C(Cc1ccc(OC)cc1)C21C(=O)Nc2ccccc21. The molecule has 5 nitrogen and oxygen atoms in total. The maximum absolute atomic E-state index is 14.0. The van der Waals surface area contributed by atoms with Crippen LogP contribution in [0.15, 0.2) is 66.7 Å². The summed E-state index contributed by atoms with van der Waals surface area (Å²) in [6.45, 7) is 6.68. The van der Waals surface area contributed by atoms with Gasteiger partial charge >= 0.3 is 0 Å². The normalized spacial score (nSPS) is 22.2. The number of methoxy groups -OCH3 is 1. The lowest BCUT2D eigenvalue weighted by molar-refractivity contribution is -0.126. The van der Waals surface area contributed by atoms with E-state index < -0.39 is 11.0 Å². The van der Waals surface area contributed by atoms with Crippen LogP contribution in [-0.4, -0.2) is 25.2 Å². The molecule has 3 aromatic carbocycles. The molecule has 2 aliphatic rings. The Morgan fingerprint density at radius 3 is 2.42 bits per heavy atom. The summed E-state index contributed by atoms with van der Waals surface area (Å²) in [5, 5.41) is 3.16. The van der Waals surface area contributed by atoms with Crippen LogP contribution in [-0.2, 0) is 16.6 Å². The lowest BCUT2D eigenvalue weighted by Gasteiger charge is -2.50. The third-order valence-corrected chi connectivity index (χ3v) is 6.98. The summed E-state index contributed by atoms with van der Waals surface area (Å²) < 4.78 is 17.7. The number of ether oxygens (including phenoxy) is 3. The molecular formula is C28H29NO4. The number of carbonyl (C=O) groups excluding carboxylic acids is 1. The highest BCUT2D eigenvalue weighted by Crippen LogP contribution is 2.58. The molecule has 1 amide bonds. The van der Waals surface area contributed by atoms with Crippen LogP contribution in [0.2, 0.25) is 0 Å². The second kappa shape index (κ2) is 7.84. The quantitative estimate of drug-likeness (QED) is 0.577. The summed E-state index contributed by atoms with van der Waals surface area (Å²) in [5.74, 6) is 2.09. The Morgan fingerprint density at radius 1 is 0.970 bits per heavy atom. The van der Waals surface area contributed by atoms with Gasteiger partial charge in [0.2, 0.25) is 5.91 Å². The van der Waals surface area contributed by atoms with Crippen molar-refractivity contribution < 1.29 is 19.0 Å². The van der Waals surface area contributed by atoms with Crippen LogP contribution >= 0.6 is 0 Å². The van der Waals surface area contributed by atoms with Gasteiger partial charge in [-0.2, -0.15) is 0 Å². The number of hydrogen-bond donors (Lipinski definition) is 1. The topological polar surface area (TPSA) is 56.8 Å². The van der Waals surface area contributed by atoms with Gasteiger partial charge < -0.3 is 19.5 Å². The number of carbonyl (C=O) groups is 1. The van der Waals surface area contributed by atoms with Crippen molar-refractivity contribution in [1.82, 2.24) is 0 Å². The molecule has 2 unspecified atom stereocenters. The molecule has 0 aromatic heterocycles. The number of hydrogen-bond acceptors (Lipinski definition) is 4. The van der Waals surface area contributed by atoms with Crippen molar-refractivity contribution in [3.63, 3.8) is 0 Å². The molecule has 0 aliphatic carbocycles. The Kier molecular flexibility index (Phi) is 5.08. The molecule has 5 rings (SSSR count). The van der Waals surface area contributed by atoms with E-state index >= 15 is 0 Å². The minimum Gasteiger partial charge on any atom is -0.497 e. The van der Waals surface area contributed by atoms with E-state index in [1.165, 1.54) is 0 Å². The zero-order chi connectivity index (χ0) is 23.2. The highest BCUT2D eigenvalue weighted by molar-refractivity contribution is 6.09. The van der Waals surface area contributed by atoms with Gasteiger partial charge in [0.15, 0.2) is 0 Å². The third kappa shape index (κ3) is 3.26. The Bertz CT molecular complexity index is 1200. The number of nitrogens with one attached hydrogen (secondary N) is 1. The summed E-state index contributed by atoms with van der Waals surface area (Å²) in [6, 6.07) is 21.9. The zero-order valence-electron chi connectivity index (χ0n) is 19.5. The molecule has 1 N–H and O–H groups in total. The van der Waals surface area contributed by atoms with Gasteiger partial charge in [0, 0.05) is 23.2 Å². The fraction of sp³-hybridized carbons (Fsp3) is 0.321. The molecule has 2 heterocycles. The van der Waals surface area contributed by atoms with E-state index in [1.54, 1.807) is 7.11 Å². The molecule has 0 radical (unpaired) electrons. The smallest absolute Gasteiger partial charge is 0.240 e. The molecule has 0 bridgehead atoms. The van der Waals surface area contributed by atoms with Gasteiger partial charge in [0.1, 0.15) is 28.3 Å². The molecule has 5 heteroatoms. The number of anilines is 1. The van der Waals surface area contributed by atoms with Crippen LogP contribution in [0, 0.1) is 5.92 Å². The molecule has 2 atom stereocenters. The Balaban J connectivity index is 1.72. The predicted molar refractivity (Wildman–Crippen MR) is 128 cm³/mol. The predicted octanol–water partition coefficient (Wildman–Crippen LogP) is 5.36. The minimum absolute atomic E-state index is 0.0102. The van der Waals surface area contributed by atoms with E-state index in [2.05, 4.69) is 37.4 Å². The third-order valence-electron chi connectivity index (χ3n) is 6.98. The van der Waals surface area contributed by atoms with Gasteiger partial charge in [-0.15, -0.1) is 0 Å². The summed E-state index contributed by atoms with van der Waals surface area (Å²) in [5.41, 5.74) is 2.37. The molecular weight excluding hydrogens is 414 g/mol. The largest absolute Gasteiger partial charge is 0.497 e. The Labute approximate surface area is 194 Å². The van der Waals surface area contributed by atoms with Crippen LogP contribution in [0.1, 0.15) is 37.5 Å². The zero-order valence-corrected chi connectivity index (χ0v) is 19.5. The maximum atomic E-state index is 14.0. The van der Waals surface area contributed by atoms with Crippen molar-refractivity contribution in [3.8, 4) is 17.2 Å². The Morgan fingerprint density at radius 2 is 1.70 bits per heavy atom. The van der Waals surface area contributed by atoms with Crippen LogP contribution in [0.25, 0.3) is 0 Å². The summed E-state index contributed by atoms with van der Waals surface area (Å²) in [7, 11) is 1.66. The van der Waals surface area contributed by atoms with Crippen molar-refractivity contribution in [2.75, 3.05) is 19.0 Å². The van der Waals surface area contributed by atoms with Crippen molar-refractivity contribution in [2.45, 2.75) is 38.2 Å². The molecule has 1 spiro atoms. The number of amides is 1. The van der Waals surface area contributed by atoms with Crippen LogP contribution in [0.3, 0.4) is 0 Å². The monoisotopic (exact) mass is 443 g/mol. The van der Waals surface area contributed by atoms with Crippen LogP contribution < -0.4 is 19.5 Å². The molecule has 2 aliphatic heterocycles. The highest BCUT2D eigenvalue weighted by atomic mass is 16.5. The fourth-order valence-corrected chi connectivity index (χ4v) is 5.52. The number of fused-ring (bicyclic) bond motifs is 4. The van der Waals surface area contributed by atoms with Crippen LogP contribution in [0.5, 0.6) is 17.2 Å². The summed E-state index contributed by atoms with van der Waals surface area (Å²) in [6.07, 6.45) is 0.672. The number of para-hydroxylation sites is 1. The standard InChI is InChI=1S/C28H29NO4/c1-5-32-20-14-15-22-24(17-20)33-27(2,3)25(16-18-10-12-19(31-4)13-11-18)28(22)21-8-6-7-9-23(21)29-26(28)30/h6-15,17,25H,5,16H2,1-4H3,(H,29,30). The van der Waals surface area contributed by atoms with Crippen LogP contribution in [0.4, 0.5) is 5.69 Å². The van der Waals surface area contributed by atoms with Crippen molar-refractivity contribution in [3.05, 3.63) is 83.4 Å². The van der Waals surface area contributed by atoms with E-state index in [4.69, 9.17) is 14.2 Å². The average molecular weight is 444 g/mol. The van der Waals surface area contributed by atoms with Gasteiger partial charge in [0.25, 0.3) is 0 Å². The first-order chi connectivity index (χ1) is 15.9. The molecule has 0 fully saturated rings. The Hall–Kier alpha value is -3.47. The number of benzene rings is 3. The van der Waals surface area contributed by atoms with Gasteiger partial charge in [-0.1, -0.05) is 36.4 Å². The van der Waals surface area contributed by atoms with E-state index in [0.29, 0.717) is 18.8 Å². The average Bonchev–Trinajstić information content (AvgIpc) is 3.09. The first-order valence-corrected chi connectivity index (χ1v) is 11.4. The highest BCUT2D eigenvalue weighted by Gasteiger charge is 2.62. The van der Waals surface area contributed by atoms with Gasteiger partial charge in [-0.05, 0) is 62.6 Å². The van der Waals surface area contributed by atoms with E-state index in [9.17, 15) is 4.79 Å². The molecule has 170 valence electrons. The molecule has 3 aromatic rings. The lowest BCUT2D eigenvalue weighted by atomic mass is 9.58. The van der Waals surface area contributed by atoms with Gasteiger partial charge in [0.05, 0.1) is 13.7 Å². The van der Waals surface area contributed by atoms with Gasteiger partial charge in [-0.3, -0.25) is 4.79 Å². The minimum atomic E-state index is -0.877. The van der Waals surface area contributed by atoms with E-state index in [-0.39, 0.29) is 11.8 Å². The second-order valence-electron chi connectivity index (χ2n) is 9.21. The number of rotatable bonds is 5. The maximum Gasteiger partial charge on any atom is 0.240 e. The molecule has 0 saturated carbocycles. The second-order valence-corrected chi connectivity index (χ2v) is 9.21. The van der Waals surface area contributed by atoms with E-state index in [1.807, 2.05) is 55.5 Å². The summed E-state index contributed by atoms with van der Waals surface area (Å²) in [4.78, 5) is 14.0. The van der Waals surface area contributed by atoms with Crippen molar-refractivity contribution >= 4 is 11.6 Å².